The predicted molar refractivity (Wildman–Crippen MR) is 318 cm³/mol. The summed E-state index contributed by atoms with van der Waals surface area (Å²) >= 11 is 0. The van der Waals surface area contributed by atoms with Crippen LogP contribution in [0.3, 0.4) is 0 Å². The van der Waals surface area contributed by atoms with E-state index in [4.69, 9.17) is 0 Å². The van der Waals surface area contributed by atoms with Crippen LogP contribution in [-0.2, 0) is 16.2 Å². The highest BCUT2D eigenvalue weighted by molar-refractivity contribution is 6.34. The third-order valence-electron chi connectivity index (χ3n) is 17.7. The molecule has 2 aliphatic rings. The van der Waals surface area contributed by atoms with E-state index < -0.39 is 0 Å². The SMILES string of the molecule is CC(C)(C)c1cc2c(-c3ccc4c(c3)C(C)(C)c3ccccc3-4)c3cc(-c4ccc5c6cccc7cccc(c8cccc4c85)c76)ccc3c(-c3ccc4c(c3)C(C)(C)c3ccccc3-4)c2cc1-c1ccccc1. The van der Waals surface area contributed by atoms with Gasteiger partial charge in [-0.3, -0.25) is 0 Å². The first-order valence-electron chi connectivity index (χ1n) is 26.6. The van der Waals surface area contributed by atoms with E-state index in [2.05, 4.69) is 261 Å². The van der Waals surface area contributed by atoms with Crippen LogP contribution >= 0.6 is 0 Å². The molecule has 0 saturated heterocycles. The maximum Gasteiger partial charge on any atom is 0.0159 e. The first-order chi connectivity index (χ1) is 35.9. The lowest BCUT2D eigenvalue weighted by Crippen LogP contribution is -2.15. The molecule has 0 fully saturated rings. The molecule has 0 aromatic heterocycles. The summed E-state index contributed by atoms with van der Waals surface area (Å²) in [6.45, 7) is 16.8. The molecule has 0 saturated carbocycles. The van der Waals surface area contributed by atoms with Crippen molar-refractivity contribution in [3.8, 4) is 66.8 Å². The number of rotatable bonds is 4. The van der Waals surface area contributed by atoms with Crippen LogP contribution in [0.5, 0.6) is 0 Å². The molecule has 0 aliphatic heterocycles. The van der Waals surface area contributed by atoms with E-state index >= 15 is 0 Å². The molecule has 13 aromatic carbocycles. The first kappa shape index (κ1) is 43.3. The number of fused-ring (bicyclic) bond motifs is 10. The van der Waals surface area contributed by atoms with Gasteiger partial charge in [0.1, 0.15) is 0 Å². The van der Waals surface area contributed by atoms with Gasteiger partial charge in [-0.2, -0.15) is 0 Å². The van der Waals surface area contributed by atoms with Gasteiger partial charge in [-0.1, -0.05) is 230 Å². The summed E-state index contributed by atoms with van der Waals surface area (Å²) in [6, 6.07) is 81.8. The second-order valence-electron chi connectivity index (χ2n) is 23.5. The molecule has 0 heterocycles. The van der Waals surface area contributed by atoms with Crippen molar-refractivity contribution in [1.29, 1.82) is 0 Å². The van der Waals surface area contributed by atoms with E-state index in [9.17, 15) is 0 Å². The van der Waals surface area contributed by atoms with Crippen molar-refractivity contribution in [3.63, 3.8) is 0 Å². The highest BCUT2D eigenvalue weighted by Gasteiger charge is 2.37. The molecule has 0 unspecified atom stereocenters. The number of hydrogen-bond acceptors (Lipinski definition) is 0. The molecule has 0 nitrogen and oxygen atoms in total. The molecule has 0 bridgehead atoms. The monoisotopic (exact) mass is 944 g/mol. The average molecular weight is 945 g/mol. The zero-order chi connectivity index (χ0) is 50.0. The van der Waals surface area contributed by atoms with Crippen LogP contribution < -0.4 is 0 Å². The minimum Gasteiger partial charge on any atom is -0.0622 e. The summed E-state index contributed by atoms with van der Waals surface area (Å²) in [5, 5.41) is 15.6. The minimum atomic E-state index is -0.156. The van der Waals surface area contributed by atoms with Crippen molar-refractivity contribution in [2.24, 2.45) is 0 Å². The Balaban J connectivity index is 1.09. The van der Waals surface area contributed by atoms with Gasteiger partial charge >= 0.3 is 0 Å². The Morgan fingerprint density at radius 2 is 0.730 bits per heavy atom. The van der Waals surface area contributed by atoms with E-state index in [1.807, 2.05) is 0 Å². The molecular weight excluding hydrogens is 889 g/mol. The summed E-state index contributed by atoms with van der Waals surface area (Å²) < 4.78 is 0. The van der Waals surface area contributed by atoms with Crippen LogP contribution in [0, 0.1) is 0 Å². The molecule has 15 rings (SSSR count). The van der Waals surface area contributed by atoms with Gasteiger partial charge in [0, 0.05) is 10.8 Å². The zero-order valence-electron chi connectivity index (χ0n) is 43.2. The van der Waals surface area contributed by atoms with Gasteiger partial charge in [0.25, 0.3) is 0 Å². The van der Waals surface area contributed by atoms with Crippen LogP contribution in [-0.4, -0.2) is 0 Å². The van der Waals surface area contributed by atoms with E-state index in [0.717, 1.165) is 0 Å². The Morgan fingerprint density at radius 1 is 0.270 bits per heavy atom. The molecule has 13 aromatic rings. The van der Waals surface area contributed by atoms with Gasteiger partial charge in [0.05, 0.1) is 0 Å². The van der Waals surface area contributed by atoms with Gasteiger partial charge in [-0.15, -0.1) is 0 Å². The summed E-state index contributed by atoms with van der Waals surface area (Å²) in [5.41, 5.74) is 21.9. The molecule has 0 N–H and O–H groups in total. The van der Waals surface area contributed by atoms with Crippen molar-refractivity contribution >= 4 is 64.6 Å². The predicted octanol–water partition coefficient (Wildman–Crippen LogP) is 20.6. The summed E-state index contributed by atoms with van der Waals surface area (Å²) in [7, 11) is 0. The Kier molecular flexibility index (Phi) is 8.85. The Hall–Kier alpha value is -8.32. The third-order valence-corrected chi connectivity index (χ3v) is 17.7. The molecule has 0 atom stereocenters. The fourth-order valence-electron chi connectivity index (χ4n) is 14.2. The van der Waals surface area contributed by atoms with E-state index in [1.165, 1.54) is 159 Å². The quantitative estimate of drug-likeness (QED) is 0.122. The highest BCUT2D eigenvalue weighted by atomic mass is 14.4. The second kappa shape index (κ2) is 15.1. The minimum absolute atomic E-state index is 0.148. The smallest absolute Gasteiger partial charge is 0.0159 e. The van der Waals surface area contributed by atoms with Crippen LogP contribution in [0.25, 0.3) is 131 Å². The Labute approximate surface area is 433 Å². The third kappa shape index (κ3) is 5.91. The summed E-state index contributed by atoms with van der Waals surface area (Å²) in [4.78, 5) is 0. The maximum atomic E-state index is 2.59. The van der Waals surface area contributed by atoms with Crippen LogP contribution in [0.15, 0.2) is 212 Å². The van der Waals surface area contributed by atoms with Crippen molar-refractivity contribution < 1.29 is 0 Å². The van der Waals surface area contributed by atoms with Gasteiger partial charge in [0.2, 0.25) is 0 Å². The van der Waals surface area contributed by atoms with Crippen LogP contribution in [0.2, 0.25) is 0 Å². The van der Waals surface area contributed by atoms with Crippen molar-refractivity contribution in [1.82, 2.24) is 0 Å². The maximum absolute atomic E-state index is 2.59. The molecule has 0 spiro atoms. The first-order valence-corrected chi connectivity index (χ1v) is 26.6. The van der Waals surface area contributed by atoms with Crippen molar-refractivity contribution in [3.05, 3.63) is 240 Å². The standard InChI is InChI=1S/C74H56/c1-72(2,3)65-42-62-61(41-59(65)43-18-9-8-10-19-43)69(46-31-33-51-49-22-11-13-28-63(49)73(4,5)66(51)39-46)58-35-30-45(38-60(58)70(62)47-32-34-52-50-23-12-14-29-64(50)74(6,7)67(52)40-47)48-36-37-57-55-25-16-21-44-20-15-24-54(68(44)55)56-27-17-26-53(48)71(56)57/h8-42H,1-7H3. The number of benzene rings is 13. The molecule has 2 aliphatic carbocycles. The fraction of sp³-hybridized carbons (Fsp3) is 0.135. The molecule has 74 heavy (non-hydrogen) atoms. The largest absolute Gasteiger partial charge is 0.0622 e. The van der Waals surface area contributed by atoms with Crippen LogP contribution in [0.4, 0.5) is 0 Å². The molecule has 0 amide bonds. The van der Waals surface area contributed by atoms with E-state index in [1.54, 1.807) is 0 Å². The number of hydrogen-bond donors (Lipinski definition) is 0. The lowest BCUT2D eigenvalue weighted by molar-refractivity contribution is 0.593. The molecule has 352 valence electrons. The highest BCUT2D eigenvalue weighted by Crippen LogP contribution is 2.55. The zero-order valence-corrected chi connectivity index (χ0v) is 43.2. The van der Waals surface area contributed by atoms with E-state index in [-0.39, 0.29) is 16.2 Å². The lowest BCUT2D eigenvalue weighted by Gasteiger charge is -2.28. The van der Waals surface area contributed by atoms with Crippen molar-refractivity contribution in [2.75, 3.05) is 0 Å². The molecule has 0 radical (unpaired) electrons. The van der Waals surface area contributed by atoms with Gasteiger partial charge in [0.15, 0.2) is 0 Å². The summed E-state index contributed by atoms with van der Waals surface area (Å²) in [6.07, 6.45) is 0. The van der Waals surface area contributed by atoms with E-state index in [0.29, 0.717) is 0 Å². The van der Waals surface area contributed by atoms with Gasteiger partial charge < -0.3 is 0 Å². The fourth-order valence-corrected chi connectivity index (χ4v) is 14.2. The van der Waals surface area contributed by atoms with Gasteiger partial charge in [-0.25, -0.2) is 0 Å². The second-order valence-corrected chi connectivity index (χ2v) is 23.5. The molecule has 0 heteroatoms. The van der Waals surface area contributed by atoms with Crippen LogP contribution in [0.1, 0.15) is 76.3 Å². The molecular formula is C74H56. The van der Waals surface area contributed by atoms with Gasteiger partial charge in [-0.05, 0) is 195 Å². The topological polar surface area (TPSA) is 0 Å². The average Bonchev–Trinajstić information content (AvgIpc) is 3.80. The lowest BCUT2D eigenvalue weighted by atomic mass is 9.76. The Morgan fingerprint density at radius 3 is 1.35 bits per heavy atom. The summed E-state index contributed by atoms with van der Waals surface area (Å²) in [5.74, 6) is 0. The normalized spacial score (nSPS) is 14.4. The Bertz CT molecular complexity index is 4500. The van der Waals surface area contributed by atoms with Crippen molar-refractivity contribution in [2.45, 2.75) is 64.7 Å².